The molecule has 2 nitrogen and oxygen atoms in total. The van der Waals surface area contributed by atoms with Gasteiger partial charge in [-0.25, -0.2) is 0 Å². The van der Waals surface area contributed by atoms with Crippen molar-refractivity contribution in [2.45, 2.75) is 38.9 Å². The minimum atomic E-state index is 0.760. The van der Waals surface area contributed by atoms with Gasteiger partial charge >= 0.3 is 0 Å². The Hall–Kier alpha value is -1.32. The molecule has 1 heterocycles. The van der Waals surface area contributed by atoms with Crippen molar-refractivity contribution in [2.75, 3.05) is 11.4 Å². The largest absolute Gasteiger partial charge is 0.366 e. The maximum atomic E-state index is 3.63. The monoisotopic (exact) mass is 286 g/mol. The Labute approximate surface area is 125 Å². The van der Waals surface area contributed by atoms with Gasteiger partial charge in [-0.05, 0) is 42.8 Å². The first kappa shape index (κ1) is 13.7. The summed E-state index contributed by atoms with van der Waals surface area (Å²) in [5.74, 6) is 0. The molecule has 3 rings (SSSR count). The summed E-state index contributed by atoms with van der Waals surface area (Å²) in [5.41, 5.74) is 2.79. The van der Waals surface area contributed by atoms with Crippen molar-refractivity contribution in [3.05, 3.63) is 52.2 Å². The van der Waals surface area contributed by atoms with Crippen LogP contribution in [-0.4, -0.2) is 12.6 Å². The lowest BCUT2D eigenvalue weighted by Gasteiger charge is -2.25. The SMILES string of the molecule is CCN(Cc1cccs1)c1ccccc1CNC1CC1. The average molecular weight is 286 g/mol. The van der Waals surface area contributed by atoms with E-state index in [-0.39, 0.29) is 0 Å². The summed E-state index contributed by atoms with van der Waals surface area (Å²) in [6.07, 6.45) is 2.68. The van der Waals surface area contributed by atoms with E-state index >= 15 is 0 Å². The predicted molar refractivity (Wildman–Crippen MR) is 87.3 cm³/mol. The summed E-state index contributed by atoms with van der Waals surface area (Å²) in [4.78, 5) is 3.90. The zero-order valence-electron chi connectivity index (χ0n) is 12.0. The number of nitrogens with one attached hydrogen (secondary N) is 1. The number of nitrogens with zero attached hydrogens (tertiary/aromatic N) is 1. The van der Waals surface area contributed by atoms with Crippen molar-refractivity contribution in [1.29, 1.82) is 0 Å². The van der Waals surface area contributed by atoms with Crippen LogP contribution in [0.1, 0.15) is 30.2 Å². The minimum absolute atomic E-state index is 0.760. The maximum absolute atomic E-state index is 3.63. The molecule has 1 aromatic heterocycles. The number of hydrogen-bond donors (Lipinski definition) is 1. The summed E-state index contributed by atoms with van der Waals surface area (Å²) in [5, 5.41) is 5.78. The highest BCUT2D eigenvalue weighted by molar-refractivity contribution is 7.09. The van der Waals surface area contributed by atoms with Gasteiger partial charge in [-0.2, -0.15) is 0 Å². The van der Waals surface area contributed by atoms with E-state index < -0.39 is 0 Å². The molecule has 0 saturated heterocycles. The minimum Gasteiger partial charge on any atom is -0.366 e. The number of benzene rings is 1. The molecular weight excluding hydrogens is 264 g/mol. The van der Waals surface area contributed by atoms with Crippen molar-refractivity contribution < 1.29 is 0 Å². The van der Waals surface area contributed by atoms with Crippen LogP contribution < -0.4 is 10.2 Å². The molecule has 1 fully saturated rings. The molecule has 1 aliphatic rings. The molecular formula is C17H22N2S. The zero-order chi connectivity index (χ0) is 13.8. The smallest absolute Gasteiger partial charge is 0.0522 e. The van der Waals surface area contributed by atoms with Gasteiger partial charge in [-0.15, -0.1) is 11.3 Å². The first-order valence-electron chi connectivity index (χ1n) is 7.45. The van der Waals surface area contributed by atoms with Crippen LogP contribution in [0.2, 0.25) is 0 Å². The second-order valence-electron chi connectivity index (χ2n) is 5.38. The Bertz CT molecular complexity index is 532. The summed E-state index contributed by atoms with van der Waals surface area (Å²) < 4.78 is 0. The third-order valence-corrected chi connectivity index (χ3v) is 4.66. The summed E-state index contributed by atoms with van der Waals surface area (Å²) in [6.45, 7) is 5.27. The Morgan fingerprint density at radius 3 is 2.75 bits per heavy atom. The van der Waals surface area contributed by atoms with E-state index in [0.717, 1.165) is 25.7 Å². The van der Waals surface area contributed by atoms with Crippen LogP contribution in [-0.2, 0) is 13.1 Å². The molecule has 0 radical (unpaired) electrons. The molecule has 106 valence electrons. The van der Waals surface area contributed by atoms with Gasteiger partial charge < -0.3 is 10.2 Å². The van der Waals surface area contributed by atoms with E-state index in [1.54, 1.807) is 0 Å². The van der Waals surface area contributed by atoms with Gasteiger partial charge in [0.1, 0.15) is 0 Å². The maximum Gasteiger partial charge on any atom is 0.0522 e. The average Bonchev–Trinajstić information content (AvgIpc) is 3.18. The van der Waals surface area contributed by atoms with Gasteiger partial charge in [0, 0.05) is 29.7 Å². The van der Waals surface area contributed by atoms with Crippen LogP contribution in [0.3, 0.4) is 0 Å². The normalized spacial score (nSPS) is 14.4. The molecule has 1 N–H and O–H groups in total. The molecule has 1 aliphatic carbocycles. The lowest BCUT2D eigenvalue weighted by atomic mass is 10.1. The van der Waals surface area contributed by atoms with Gasteiger partial charge in [-0.3, -0.25) is 0 Å². The molecule has 0 atom stereocenters. The molecule has 3 heteroatoms. The Morgan fingerprint density at radius 2 is 2.05 bits per heavy atom. The fraction of sp³-hybridized carbons (Fsp3) is 0.412. The van der Waals surface area contributed by atoms with Crippen LogP contribution in [0.25, 0.3) is 0 Å². The van der Waals surface area contributed by atoms with Crippen LogP contribution in [0.5, 0.6) is 0 Å². The lowest BCUT2D eigenvalue weighted by molar-refractivity contribution is 0.683. The van der Waals surface area contributed by atoms with Crippen LogP contribution in [0.15, 0.2) is 41.8 Å². The van der Waals surface area contributed by atoms with Gasteiger partial charge in [0.15, 0.2) is 0 Å². The quantitative estimate of drug-likeness (QED) is 0.827. The fourth-order valence-electron chi connectivity index (χ4n) is 2.47. The molecule has 0 bridgehead atoms. The van der Waals surface area contributed by atoms with Gasteiger partial charge in [0.2, 0.25) is 0 Å². The number of anilines is 1. The van der Waals surface area contributed by atoms with Gasteiger partial charge in [-0.1, -0.05) is 24.3 Å². The Kier molecular flexibility index (Phi) is 4.38. The summed E-state index contributed by atoms with van der Waals surface area (Å²) in [7, 11) is 0. The third kappa shape index (κ3) is 3.41. The lowest BCUT2D eigenvalue weighted by Crippen LogP contribution is -2.24. The second kappa shape index (κ2) is 6.42. The van der Waals surface area contributed by atoms with Crippen molar-refractivity contribution >= 4 is 17.0 Å². The number of rotatable bonds is 7. The molecule has 0 unspecified atom stereocenters. The topological polar surface area (TPSA) is 15.3 Å². The molecule has 2 aromatic rings. The standard InChI is InChI=1S/C17H22N2S/c1-2-19(13-16-7-5-11-20-16)17-8-4-3-6-14(17)12-18-15-9-10-15/h3-8,11,15,18H,2,9-10,12-13H2,1H3. The van der Waals surface area contributed by atoms with E-state index in [9.17, 15) is 0 Å². The van der Waals surface area contributed by atoms with E-state index in [2.05, 4.69) is 58.9 Å². The first-order chi connectivity index (χ1) is 9.86. The van der Waals surface area contributed by atoms with Crippen molar-refractivity contribution in [1.82, 2.24) is 5.32 Å². The van der Waals surface area contributed by atoms with Crippen molar-refractivity contribution in [3.63, 3.8) is 0 Å². The van der Waals surface area contributed by atoms with E-state index in [0.29, 0.717) is 0 Å². The zero-order valence-corrected chi connectivity index (χ0v) is 12.8. The van der Waals surface area contributed by atoms with Crippen LogP contribution >= 0.6 is 11.3 Å². The van der Waals surface area contributed by atoms with Crippen LogP contribution in [0.4, 0.5) is 5.69 Å². The molecule has 20 heavy (non-hydrogen) atoms. The van der Waals surface area contributed by atoms with Crippen molar-refractivity contribution in [2.24, 2.45) is 0 Å². The molecule has 0 spiro atoms. The highest BCUT2D eigenvalue weighted by atomic mass is 32.1. The summed E-state index contributed by atoms with van der Waals surface area (Å²) >= 11 is 1.84. The van der Waals surface area contributed by atoms with E-state index in [1.807, 2.05) is 11.3 Å². The molecule has 0 aliphatic heterocycles. The number of para-hydroxylation sites is 1. The Morgan fingerprint density at radius 1 is 1.20 bits per heavy atom. The highest BCUT2D eigenvalue weighted by Gasteiger charge is 2.20. The fourth-order valence-corrected chi connectivity index (χ4v) is 3.19. The van der Waals surface area contributed by atoms with E-state index in [4.69, 9.17) is 0 Å². The number of hydrogen-bond acceptors (Lipinski definition) is 3. The van der Waals surface area contributed by atoms with Gasteiger partial charge in [0.05, 0.1) is 6.54 Å². The van der Waals surface area contributed by atoms with Crippen LogP contribution in [0, 0.1) is 0 Å². The molecule has 1 aromatic carbocycles. The number of thiophene rings is 1. The molecule has 1 saturated carbocycles. The van der Waals surface area contributed by atoms with E-state index in [1.165, 1.54) is 29.0 Å². The van der Waals surface area contributed by atoms with Crippen molar-refractivity contribution in [3.8, 4) is 0 Å². The first-order valence-corrected chi connectivity index (χ1v) is 8.33. The highest BCUT2D eigenvalue weighted by Crippen LogP contribution is 2.25. The van der Waals surface area contributed by atoms with Gasteiger partial charge in [0.25, 0.3) is 0 Å². The third-order valence-electron chi connectivity index (χ3n) is 3.80. The second-order valence-corrected chi connectivity index (χ2v) is 6.41. The Balaban J connectivity index is 1.75. The molecule has 0 amide bonds. The summed E-state index contributed by atoms with van der Waals surface area (Å²) in [6, 6.07) is 13.9. The predicted octanol–water partition coefficient (Wildman–Crippen LogP) is 4.03.